The lowest BCUT2D eigenvalue weighted by Crippen LogP contribution is -2.36. The molecule has 0 aromatic heterocycles. The zero-order chi connectivity index (χ0) is 21.2. The maximum Gasteiger partial charge on any atom is 0.243 e. The summed E-state index contributed by atoms with van der Waals surface area (Å²) in [5, 5.41) is 2.70. The first-order valence-electron chi connectivity index (χ1n) is 9.42. The maximum absolute atomic E-state index is 12.9. The predicted octanol–water partition coefficient (Wildman–Crippen LogP) is 2.55. The lowest BCUT2D eigenvalue weighted by Gasteiger charge is -2.29. The number of aryl methyl sites for hydroxylation is 2. The van der Waals surface area contributed by atoms with Crippen molar-refractivity contribution in [3.63, 3.8) is 0 Å². The van der Waals surface area contributed by atoms with Crippen molar-refractivity contribution >= 4 is 33.2 Å². The second-order valence-corrected chi connectivity index (χ2v) is 9.28. The molecule has 0 atom stereocenters. The van der Waals surface area contributed by atoms with Gasteiger partial charge in [0, 0.05) is 31.9 Å². The van der Waals surface area contributed by atoms with E-state index in [1.807, 2.05) is 19.1 Å². The second-order valence-electron chi connectivity index (χ2n) is 7.24. The van der Waals surface area contributed by atoms with Gasteiger partial charge in [0.1, 0.15) is 0 Å². The minimum atomic E-state index is -3.84. The summed E-state index contributed by atoms with van der Waals surface area (Å²) >= 11 is 0. The number of likely N-dealkylation sites (N-methyl/N-ethyl adjacent to an activating group) is 1. The Hall–Kier alpha value is -2.71. The molecule has 2 aromatic rings. The zero-order valence-electron chi connectivity index (χ0n) is 16.8. The van der Waals surface area contributed by atoms with E-state index in [1.54, 1.807) is 29.2 Å². The number of carbonyl (C=O) groups is 2. The summed E-state index contributed by atoms with van der Waals surface area (Å²) in [6, 6.07) is 12.0. The van der Waals surface area contributed by atoms with Crippen LogP contribution < -0.4 is 10.2 Å². The van der Waals surface area contributed by atoms with E-state index in [0.29, 0.717) is 18.7 Å². The Kier molecular flexibility index (Phi) is 6.04. The number of rotatable bonds is 5. The molecule has 2 aromatic carbocycles. The fourth-order valence-corrected chi connectivity index (χ4v) is 4.54. The minimum Gasteiger partial charge on any atom is -0.325 e. The lowest BCUT2D eigenvalue weighted by molar-refractivity contribution is -0.117. The van der Waals surface area contributed by atoms with Crippen molar-refractivity contribution in [1.29, 1.82) is 0 Å². The molecule has 0 spiro atoms. The van der Waals surface area contributed by atoms with Crippen LogP contribution in [0.15, 0.2) is 47.4 Å². The van der Waals surface area contributed by atoms with Gasteiger partial charge in [0.25, 0.3) is 0 Å². The highest BCUT2D eigenvalue weighted by molar-refractivity contribution is 7.89. The highest BCUT2D eigenvalue weighted by Gasteiger charge is 2.26. The number of sulfonamides is 1. The van der Waals surface area contributed by atoms with Crippen molar-refractivity contribution in [1.82, 2.24) is 4.31 Å². The van der Waals surface area contributed by atoms with Gasteiger partial charge in [0.05, 0.1) is 11.4 Å². The third-order valence-corrected chi connectivity index (χ3v) is 6.76. The molecule has 1 aliphatic heterocycles. The van der Waals surface area contributed by atoms with Crippen molar-refractivity contribution in [2.45, 2.75) is 31.6 Å². The average Bonchev–Trinajstić information content (AvgIpc) is 2.68. The normalized spacial score (nSPS) is 13.9. The van der Waals surface area contributed by atoms with Crippen LogP contribution in [0.3, 0.4) is 0 Å². The number of fused-ring (bicyclic) bond motifs is 1. The molecule has 1 heterocycles. The van der Waals surface area contributed by atoms with Gasteiger partial charge in [-0.2, -0.15) is 4.31 Å². The molecule has 0 saturated heterocycles. The lowest BCUT2D eigenvalue weighted by atomic mass is 10.0. The molecular formula is C21H25N3O4S. The average molecular weight is 416 g/mol. The molecule has 0 aliphatic carbocycles. The fraction of sp³-hybridized carbons (Fsp3) is 0.333. The van der Waals surface area contributed by atoms with Crippen molar-refractivity contribution in [2.24, 2.45) is 0 Å². The molecule has 29 heavy (non-hydrogen) atoms. The van der Waals surface area contributed by atoms with Gasteiger partial charge in [-0.25, -0.2) is 8.42 Å². The number of hydrogen-bond donors (Lipinski definition) is 1. The van der Waals surface area contributed by atoms with Crippen LogP contribution in [-0.4, -0.2) is 44.7 Å². The van der Waals surface area contributed by atoms with Crippen LogP contribution in [0, 0.1) is 6.92 Å². The van der Waals surface area contributed by atoms with Crippen molar-refractivity contribution in [2.75, 3.05) is 30.4 Å². The van der Waals surface area contributed by atoms with Crippen molar-refractivity contribution in [3.05, 3.63) is 53.6 Å². The van der Waals surface area contributed by atoms with E-state index in [1.165, 1.54) is 20.0 Å². The van der Waals surface area contributed by atoms with Crippen molar-refractivity contribution < 1.29 is 18.0 Å². The Balaban J connectivity index is 1.75. The third kappa shape index (κ3) is 4.65. The Morgan fingerprint density at radius 3 is 2.48 bits per heavy atom. The topological polar surface area (TPSA) is 86.8 Å². The van der Waals surface area contributed by atoms with Crippen LogP contribution in [0.2, 0.25) is 0 Å². The summed E-state index contributed by atoms with van der Waals surface area (Å²) in [6.45, 7) is 3.78. The Morgan fingerprint density at radius 2 is 1.83 bits per heavy atom. The van der Waals surface area contributed by atoms with Gasteiger partial charge in [-0.15, -0.1) is 0 Å². The number of nitrogens with zero attached hydrogens (tertiary/aromatic N) is 2. The number of hydrogen-bond acceptors (Lipinski definition) is 4. The van der Waals surface area contributed by atoms with Gasteiger partial charge in [0.15, 0.2) is 0 Å². The summed E-state index contributed by atoms with van der Waals surface area (Å²) in [5.74, 6) is -0.480. The first kappa shape index (κ1) is 21.0. The predicted molar refractivity (Wildman–Crippen MR) is 112 cm³/mol. The molecule has 0 fully saturated rings. The highest BCUT2D eigenvalue weighted by atomic mass is 32.2. The molecule has 0 unspecified atom stereocenters. The molecule has 0 bridgehead atoms. The van der Waals surface area contributed by atoms with Gasteiger partial charge in [0.2, 0.25) is 21.8 Å². The summed E-state index contributed by atoms with van der Waals surface area (Å²) in [7, 11) is -2.45. The van der Waals surface area contributed by atoms with Gasteiger partial charge in [-0.05, 0) is 55.7 Å². The Bertz CT molecular complexity index is 1030. The van der Waals surface area contributed by atoms with Crippen molar-refractivity contribution in [3.8, 4) is 0 Å². The summed E-state index contributed by atoms with van der Waals surface area (Å²) < 4.78 is 26.9. The minimum absolute atomic E-state index is 0.0635. The van der Waals surface area contributed by atoms with E-state index in [4.69, 9.17) is 0 Å². The molecule has 0 saturated carbocycles. The first-order valence-corrected chi connectivity index (χ1v) is 10.9. The summed E-state index contributed by atoms with van der Waals surface area (Å²) in [5.41, 5.74) is 3.26. The van der Waals surface area contributed by atoms with Crippen LogP contribution in [0.4, 0.5) is 11.4 Å². The largest absolute Gasteiger partial charge is 0.325 e. The summed E-state index contributed by atoms with van der Waals surface area (Å²) in [6.07, 6.45) is 1.49. The fourth-order valence-electron chi connectivity index (χ4n) is 3.37. The highest BCUT2D eigenvalue weighted by Crippen LogP contribution is 2.30. The molecule has 8 heteroatoms. The third-order valence-electron chi connectivity index (χ3n) is 4.96. The van der Waals surface area contributed by atoms with Crippen LogP contribution in [-0.2, 0) is 26.0 Å². The van der Waals surface area contributed by atoms with E-state index < -0.39 is 15.9 Å². The van der Waals surface area contributed by atoms with Crippen LogP contribution in [0.1, 0.15) is 24.5 Å². The monoisotopic (exact) mass is 415 g/mol. The van der Waals surface area contributed by atoms with E-state index >= 15 is 0 Å². The zero-order valence-corrected chi connectivity index (χ0v) is 17.6. The maximum atomic E-state index is 12.9. The quantitative estimate of drug-likeness (QED) is 0.813. The van der Waals surface area contributed by atoms with Crippen LogP contribution in [0.25, 0.3) is 0 Å². The molecule has 3 rings (SSSR count). The number of nitrogens with one attached hydrogen (secondary N) is 1. The van der Waals surface area contributed by atoms with Gasteiger partial charge in [-0.3, -0.25) is 9.59 Å². The number of carbonyl (C=O) groups excluding carboxylic acids is 2. The Labute approximate surface area is 171 Å². The van der Waals surface area contributed by atoms with Gasteiger partial charge < -0.3 is 10.2 Å². The summed E-state index contributed by atoms with van der Waals surface area (Å²) in [4.78, 5) is 25.9. The SMILES string of the molecule is CC(=O)N1CCCc2cc(S(=O)(=O)N(C)CC(=O)Nc3ccc(C)cc3)ccc21. The second kappa shape index (κ2) is 8.34. The number of benzene rings is 2. The number of amides is 2. The first-order chi connectivity index (χ1) is 13.7. The van der Waals surface area contributed by atoms with E-state index in [2.05, 4.69) is 5.32 Å². The molecule has 154 valence electrons. The van der Waals surface area contributed by atoms with E-state index in [0.717, 1.165) is 27.5 Å². The van der Waals surface area contributed by atoms with Crippen LogP contribution in [0.5, 0.6) is 0 Å². The van der Waals surface area contributed by atoms with E-state index in [-0.39, 0.29) is 17.3 Å². The van der Waals surface area contributed by atoms with E-state index in [9.17, 15) is 18.0 Å². The molecule has 1 aliphatic rings. The Morgan fingerprint density at radius 1 is 1.14 bits per heavy atom. The smallest absolute Gasteiger partial charge is 0.243 e. The molecular weight excluding hydrogens is 390 g/mol. The van der Waals surface area contributed by atoms with Gasteiger partial charge in [-0.1, -0.05) is 17.7 Å². The molecule has 0 radical (unpaired) electrons. The standard InChI is InChI=1S/C21H25N3O4S/c1-15-6-8-18(9-7-15)22-21(26)14-23(3)29(27,28)19-10-11-20-17(13-19)5-4-12-24(20)16(2)25/h6-11,13H,4-5,12,14H2,1-3H3,(H,22,26). The van der Waals surface area contributed by atoms with Gasteiger partial charge >= 0.3 is 0 Å². The molecule has 1 N–H and O–H groups in total. The molecule has 2 amide bonds. The molecule has 7 nitrogen and oxygen atoms in total. The number of anilines is 2. The van der Waals surface area contributed by atoms with Crippen LogP contribution >= 0.6 is 0 Å².